The van der Waals surface area contributed by atoms with E-state index in [1.165, 1.54) is 18.7 Å². The van der Waals surface area contributed by atoms with Crippen molar-refractivity contribution in [2.45, 2.75) is 38.2 Å². The Kier molecular flexibility index (Phi) is 8.36. The molecule has 0 atom stereocenters. The maximum absolute atomic E-state index is 13.8. The van der Waals surface area contributed by atoms with Crippen LogP contribution in [-0.2, 0) is 17.0 Å². The number of hydrogen-bond donors (Lipinski definition) is 0. The van der Waals surface area contributed by atoms with E-state index in [-0.39, 0.29) is 24.5 Å². The van der Waals surface area contributed by atoms with Gasteiger partial charge in [0.1, 0.15) is 15.5 Å². The Balaban J connectivity index is 1.83. The van der Waals surface area contributed by atoms with E-state index in [4.69, 9.17) is 26.1 Å². The van der Waals surface area contributed by atoms with Gasteiger partial charge in [-0.1, -0.05) is 41.6 Å². The second-order valence-electron chi connectivity index (χ2n) is 8.21. The Bertz CT molecular complexity index is 1560. The minimum atomic E-state index is -0.472. The molecule has 37 heavy (non-hydrogen) atoms. The van der Waals surface area contributed by atoms with Crippen LogP contribution in [0.1, 0.15) is 50.6 Å². The second kappa shape index (κ2) is 11.5. The van der Waals surface area contributed by atoms with Crippen molar-refractivity contribution >= 4 is 56.7 Å². The summed E-state index contributed by atoms with van der Waals surface area (Å²) in [5.41, 5.74) is 2.43. The van der Waals surface area contributed by atoms with Crippen molar-refractivity contribution in [1.29, 1.82) is 0 Å². The highest BCUT2D eigenvalue weighted by Gasteiger charge is 2.23. The number of hydrogen-bond acceptors (Lipinski definition) is 8. The summed E-state index contributed by atoms with van der Waals surface area (Å²) in [7, 11) is 1.57. The highest BCUT2D eigenvalue weighted by Crippen LogP contribution is 2.33. The Labute approximate surface area is 227 Å². The standard InChI is InChI=1S/C27H25ClN2O5S2/c1-5-35-26(33)23-15(2)22-24(37-23)29-27(30(25(22)32)13-18-8-6-7-9-20(18)28)36-14-19-12-17(16(3)31)10-11-21(19)34-4/h6-12H,5,13-14H2,1-4H3. The molecule has 0 N–H and O–H groups in total. The van der Waals surface area contributed by atoms with Gasteiger partial charge in [-0.05, 0) is 56.2 Å². The van der Waals surface area contributed by atoms with Crippen LogP contribution in [0.5, 0.6) is 5.75 Å². The summed E-state index contributed by atoms with van der Waals surface area (Å²) >= 11 is 8.91. The molecule has 192 valence electrons. The Morgan fingerprint density at radius 2 is 1.92 bits per heavy atom. The van der Waals surface area contributed by atoms with E-state index in [1.54, 1.807) is 49.8 Å². The number of Topliss-reactive ketones (excluding diaryl/α,β-unsaturated/α-hetero) is 1. The number of carbonyl (C=O) groups excluding carboxylic acids is 2. The van der Waals surface area contributed by atoms with Gasteiger partial charge in [0.2, 0.25) is 0 Å². The second-order valence-corrected chi connectivity index (χ2v) is 10.6. The number of ketones is 1. The summed E-state index contributed by atoms with van der Waals surface area (Å²) in [6.45, 7) is 5.42. The first-order chi connectivity index (χ1) is 17.7. The molecular formula is C27H25ClN2O5S2. The van der Waals surface area contributed by atoms with Gasteiger partial charge in [0, 0.05) is 21.9 Å². The number of methoxy groups -OCH3 is 1. The molecule has 4 aromatic rings. The van der Waals surface area contributed by atoms with Gasteiger partial charge < -0.3 is 9.47 Å². The molecule has 0 radical (unpaired) electrons. The summed E-state index contributed by atoms with van der Waals surface area (Å²) in [6.07, 6.45) is 0. The number of ether oxygens (including phenoxy) is 2. The fourth-order valence-electron chi connectivity index (χ4n) is 3.89. The van der Waals surface area contributed by atoms with Gasteiger partial charge in [-0.3, -0.25) is 14.2 Å². The number of aryl methyl sites for hydroxylation is 1. The van der Waals surface area contributed by atoms with E-state index in [0.717, 1.165) is 22.5 Å². The number of esters is 1. The summed E-state index contributed by atoms with van der Waals surface area (Å²) in [4.78, 5) is 43.9. The SMILES string of the molecule is CCOC(=O)c1sc2nc(SCc3cc(C(C)=O)ccc3OC)n(Cc3ccccc3Cl)c(=O)c2c1C. The molecule has 0 amide bonds. The maximum atomic E-state index is 13.8. The topological polar surface area (TPSA) is 87.5 Å². The van der Waals surface area contributed by atoms with Crippen LogP contribution in [0.4, 0.5) is 0 Å². The van der Waals surface area contributed by atoms with Crippen LogP contribution in [0, 0.1) is 6.92 Å². The maximum Gasteiger partial charge on any atom is 0.348 e. The van der Waals surface area contributed by atoms with Crippen molar-refractivity contribution in [3.63, 3.8) is 0 Å². The van der Waals surface area contributed by atoms with Crippen LogP contribution in [0.25, 0.3) is 10.2 Å². The molecule has 0 bridgehead atoms. The fraction of sp³-hybridized carbons (Fsp3) is 0.259. The van der Waals surface area contributed by atoms with Crippen LogP contribution >= 0.6 is 34.7 Å². The lowest BCUT2D eigenvalue weighted by molar-refractivity contribution is 0.0531. The third-order valence-corrected chi connectivity index (χ3v) is 8.37. The lowest BCUT2D eigenvalue weighted by Gasteiger charge is -2.14. The van der Waals surface area contributed by atoms with Crippen molar-refractivity contribution in [2.24, 2.45) is 0 Å². The van der Waals surface area contributed by atoms with Gasteiger partial charge in [0.05, 0.1) is 25.6 Å². The van der Waals surface area contributed by atoms with Crippen molar-refractivity contribution in [3.8, 4) is 5.75 Å². The lowest BCUT2D eigenvalue weighted by atomic mass is 10.1. The monoisotopic (exact) mass is 556 g/mol. The Morgan fingerprint density at radius 1 is 1.16 bits per heavy atom. The number of thioether (sulfide) groups is 1. The van der Waals surface area contributed by atoms with E-state index in [2.05, 4.69) is 0 Å². The zero-order chi connectivity index (χ0) is 26.7. The molecule has 0 fully saturated rings. The van der Waals surface area contributed by atoms with E-state index >= 15 is 0 Å². The molecule has 0 saturated heterocycles. The smallest absolute Gasteiger partial charge is 0.348 e. The molecular weight excluding hydrogens is 532 g/mol. The van der Waals surface area contributed by atoms with Gasteiger partial charge in [-0.2, -0.15) is 0 Å². The largest absolute Gasteiger partial charge is 0.496 e. The van der Waals surface area contributed by atoms with Crippen LogP contribution in [-0.4, -0.2) is 35.0 Å². The predicted octanol–water partition coefficient (Wildman–Crippen LogP) is 6.15. The van der Waals surface area contributed by atoms with Crippen LogP contribution in [0.2, 0.25) is 5.02 Å². The summed E-state index contributed by atoms with van der Waals surface area (Å²) < 4.78 is 12.2. The molecule has 7 nitrogen and oxygen atoms in total. The summed E-state index contributed by atoms with van der Waals surface area (Å²) in [6, 6.07) is 12.6. The molecule has 0 spiro atoms. The van der Waals surface area contributed by atoms with Gasteiger partial charge in [0.25, 0.3) is 5.56 Å². The number of aromatic nitrogens is 2. The van der Waals surface area contributed by atoms with Crippen molar-refractivity contribution in [2.75, 3.05) is 13.7 Å². The van der Waals surface area contributed by atoms with E-state index < -0.39 is 5.97 Å². The van der Waals surface area contributed by atoms with Crippen molar-refractivity contribution < 1.29 is 19.1 Å². The van der Waals surface area contributed by atoms with Gasteiger partial charge in [0.15, 0.2) is 10.9 Å². The number of fused-ring (bicyclic) bond motifs is 1. The molecule has 0 aliphatic rings. The molecule has 4 rings (SSSR count). The molecule has 0 unspecified atom stereocenters. The van der Waals surface area contributed by atoms with Crippen LogP contribution in [0.3, 0.4) is 0 Å². The highest BCUT2D eigenvalue weighted by molar-refractivity contribution is 7.98. The highest BCUT2D eigenvalue weighted by atomic mass is 35.5. The van der Waals surface area contributed by atoms with Crippen molar-refractivity contribution in [1.82, 2.24) is 9.55 Å². The van der Waals surface area contributed by atoms with Crippen LogP contribution < -0.4 is 10.3 Å². The molecule has 0 saturated carbocycles. The molecule has 0 aliphatic carbocycles. The minimum Gasteiger partial charge on any atom is -0.496 e. The van der Waals surface area contributed by atoms with E-state index in [9.17, 15) is 14.4 Å². The summed E-state index contributed by atoms with van der Waals surface area (Å²) in [5, 5.41) is 1.39. The van der Waals surface area contributed by atoms with Gasteiger partial charge >= 0.3 is 5.97 Å². The molecule has 2 aromatic heterocycles. The minimum absolute atomic E-state index is 0.0513. The lowest BCUT2D eigenvalue weighted by Crippen LogP contribution is -2.24. The number of rotatable bonds is 9. The predicted molar refractivity (Wildman–Crippen MR) is 148 cm³/mol. The van der Waals surface area contributed by atoms with E-state index in [0.29, 0.717) is 47.9 Å². The first kappa shape index (κ1) is 26.9. The van der Waals surface area contributed by atoms with Gasteiger partial charge in [-0.15, -0.1) is 11.3 Å². The quantitative estimate of drug-likeness (QED) is 0.106. The normalized spacial score (nSPS) is 11.1. The van der Waals surface area contributed by atoms with Crippen LogP contribution in [0.15, 0.2) is 52.4 Å². The number of carbonyl (C=O) groups is 2. The Morgan fingerprint density at radius 3 is 2.59 bits per heavy atom. The first-order valence-electron chi connectivity index (χ1n) is 11.5. The molecule has 2 aromatic carbocycles. The first-order valence-corrected chi connectivity index (χ1v) is 13.7. The molecule has 0 aliphatic heterocycles. The van der Waals surface area contributed by atoms with Crippen molar-refractivity contribution in [3.05, 3.63) is 85.0 Å². The molecule has 2 heterocycles. The average molecular weight is 557 g/mol. The fourth-order valence-corrected chi connectivity index (χ4v) is 6.18. The average Bonchev–Trinajstić information content (AvgIpc) is 3.22. The molecule has 10 heteroatoms. The number of halogens is 1. The number of nitrogens with zero attached hydrogens (tertiary/aromatic N) is 2. The Hall–Kier alpha value is -3.14. The van der Waals surface area contributed by atoms with Gasteiger partial charge in [-0.25, -0.2) is 9.78 Å². The zero-order valence-electron chi connectivity index (χ0n) is 20.8. The number of thiophene rings is 1. The third kappa shape index (κ3) is 5.58. The zero-order valence-corrected chi connectivity index (χ0v) is 23.2. The summed E-state index contributed by atoms with van der Waals surface area (Å²) in [5.74, 6) is 0.514. The third-order valence-electron chi connectivity index (χ3n) is 5.81. The van der Waals surface area contributed by atoms with E-state index in [1.807, 2.05) is 18.2 Å². The number of benzene rings is 2.